The molecule has 5 nitrogen and oxygen atoms in total. The summed E-state index contributed by atoms with van der Waals surface area (Å²) in [6.07, 6.45) is 1.42. The molecule has 5 heteroatoms. The number of carbonyl (C=O) groups excluding carboxylic acids is 1. The largest absolute Gasteiger partial charge is 0.443 e. The Labute approximate surface area is 138 Å². The SMILES string of the molecule is CN(C)CCNCc1ccc2c(ccn2C(=O)OC(C)(C)C)c1. The summed E-state index contributed by atoms with van der Waals surface area (Å²) >= 11 is 0. The van der Waals surface area contributed by atoms with Gasteiger partial charge >= 0.3 is 6.09 Å². The van der Waals surface area contributed by atoms with Crippen LogP contribution in [0.25, 0.3) is 10.9 Å². The number of aromatic nitrogens is 1. The zero-order chi connectivity index (χ0) is 17.0. The Morgan fingerprint density at radius 1 is 1.26 bits per heavy atom. The topological polar surface area (TPSA) is 46.5 Å². The number of hydrogen-bond donors (Lipinski definition) is 1. The van der Waals surface area contributed by atoms with E-state index in [4.69, 9.17) is 4.74 Å². The summed E-state index contributed by atoms with van der Waals surface area (Å²) in [6.45, 7) is 8.39. The van der Waals surface area contributed by atoms with Crippen LogP contribution in [0.1, 0.15) is 26.3 Å². The molecular weight excluding hydrogens is 290 g/mol. The number of nitrogens with zero attached hydrogens (tertiary/aromatic N) is 2. The van der Waals surface area contributed by atoms with E-state index in [1.165, 1.54) is 5.56 Å². The van der Waals surface area contributed by atoms with Gasteiger partial charge in [-0.2, -0.15) is 0 Å². The van der Waals surface area contributed by atoms with Crippen molar-refractivity contribution in [2.75, 3.05) is 27.2 Å². The van der Waals surface area contributed by atoms with Crippen LogP contribution in [0.4, 0.5) is 4.79 Å². The first kappa shape index (κ1) is 17.5. The smallest absolute Gasteiger partial charge is 0.418 e. The molecule has 1 heterocycles. The molecular formula is C18H27N3O2. The first-order chi connectivity index (χ1) is 10.8. The van der Waals surface area contributed by atoms with Gasteiger partial charge in [-0.3, -0.25) is 4.57 Å². The molecule has 126 valence electrons. The highest BCUT2D eigenvalue weighted by Crippen LogP contribution is 2.19. The maximum Gasteiger partial charge on any atom is 0.418 e. The monoisotopic (exact) mass is 317 g/mol. The molecule has 1 N–H and O–H groups in total. The molecule has 0 aliphatic heterocycles. The van der Waals surface area contributed by atoms with Crippen molar-refractivity contribution in [3.8, 4) is 0 Å². The standard InChI is InChI=1S/C18H27N3O2/c1-18(2,3)23-17(22)21-10-8-15-12-14(6-7-16(15)21)13-19-9-11-20(4)5/h6-8,10,12,19H,9,11,13H2,1-5H3. The fraction of sp³-hybridized carbons (Fsp3) is 0.500. The summed E-state index contributed by atoms with van der Waals surface area (Å²) in [5.74, 6) is 0. The van der Waals surface area contributed by atoms with Crippen molar-refractivity contribution in [2.24, 2.45) is 0 Å². The molecule has 0 bridgehead atoms. The minimum atomic E-state index is -0.496. The Hall–Kier alpha value is -1.85. The van der Waals surface area contributed by atoms with Crippen LogP contribution < -0.4 is 5.32 Å². The van der Waals surface area contributed by atoms with E-state index in [1.54, 1.807) is 10.8 Å². The average molecular weight is 317 g/mol. The maximum absolute atomic E-state index is 12.2. The van der Waals surface area contributed by atoms with Gasteiger partial charge in [0.1, 0.15) is 5.60 Å². The lowest BCUT2D eigenvalue weighted by molar-refractivity contribution is 0.0544. The minimum Gasteiger partial charge on any atom is -0.443 e. The zero-order valence-corrected chi connectivity index (χ0v) is 14.7. The van der Waals surface area contributed by atoms with Crippen LogP contribution in [0.15, 0.2) is 30.5 Å². The van der Waals surface area contributed by atoms with Crippen LogP contribution >= 0.6 is 0 Å². The van der Waals surface area contributed by atoms with Gasteiger partial charge < -0.3 is 15.0 Å². The van der Waals surface area contributed by atoms with Crippen molar-refractivity contribution in [3.05, 3.63) is 36.0 Å². The second-order valence-corrected chi connectivity index (χ2v) is 7.04. The predicted octanol–water partition coefficient (Wildman–Crippen LogP) is 3.08. The van der Waals surface area contributed by atoms with Gasteiger partial charge in [0.25, 0.3) is 0 Å². The molecule has 0 radical (unpaired) electrons. The highest BCUT2D eigenvalue weighted by molar-refractivity contribution is 5.89. The molecule has 1 aromatic heterocycles. The lowest BCUT2D eigenvalue weighted by Gasteiger charge is -2.19. The molecule has 0 saturated heterocycles. The fourth-order valence-corrected chi connectivity index (χ4v) is 2.31. The van der Waals surface area contributed by atoms with E-state index in [-0.39, 0.29) is 6.09 Å². The normalized spacial score (nSPS) is 12.1. The zero-order valence-electron chi connectivity index (χ0n) is 14.7. The van der Waals surface area contributed by atoms with Crippen molar-refractivity contribution in [2.45, 2.75) is 32.9 Å². The quantitative estimate of drug-likeness (QED) is 0.861. The molecule has 23 heavy (non-hydrogen) atoms. The number of likely N-dealkylation sites (N-methyl/N-ethyl adjacent to an activating group) is 1. The lowest BCUT2D eigenvalue weighted by Crippen LogP contribution is -2.26. The number of nitrogens with one attached hydrogen (secondary N) is 1. The molecule has 0 atom stereocenters. The molecule has 0 saturated carbocycles. The van der Waals surface area contributed by atoms with E-state index in [1.807, 2.05) is 39.0 Å². The van der Waals surface area contributed by atoms with Gasteiger partial charge in [-0.25, -0.2) is 4.79 Å². The first-order valence-electron chi connectivity index (χ1n) is 7.95. The molecule has 0 spiro atoms. The van der Waals surface area contributed by atoms with Crippen molar-refractivity contribution in [1.82, 2.24) is 14.8 Å². The van der Waals surface area contributed by atoms with Gasteiger partial charge in [0, 0.05) is 31.2 Å². The van der Waals surface area contributed by atoms with Gasteiger partial charge in [0.2, 0.25) is 0 Å². The third-order valence-electron chi connectivity index (χ3n) is 3.41. The second-order valence-electron chi connectivity index (χ2n) is 7.04. The van der Waals surface area contributed by atoms with Gasteiger partial charge in [-0.15, -0.1) is 0 Å². The third kappa shape index (κ3) is 5.08. The third-order valence-corrected chi connectivity index (χ3v) is 3.41. The van der Waals surface area contributed by atoms with E-state index in [0.29, 0.717) is 0 Å². The van der Waals surface area contributed by atoms with Gasteiger partial charge in [0.05, 0.1) is 5.52 Å². The van der Waals surface area contributed by atoms with E-state index in [9.17, 15) is 4.79 Å². The molecule has 2 aromatic rings. The Morgan fingerprint density at radius 3 is 2.65 bits per heavy atom. The summed E-state index contributed by atoms with van der Waals surface area (Å²) in [4.78, 5) is 14.4. The number of carbonyl (C=O) groups is 1. The minimum absolute atomic E-state index is 0.343. The van der Waals surface area contributed by atoms with Crippen molar-refractivity contribution in [1.29, 1.82) is 0 Å². The highest BCUT2D eigenvalue weighted by atomic mass is 16.6. The lowest BCUT2D eigenvalue weighted by atomic mass is 10.1. The second kappa shape index (κ2) is 7.15. The molecule has 2 rings (SSSR count). The first-order valence-corrected chi connectivity index (χ1v) is 7.95. The Balaban J connectivity index is 2.06. The number of ether oxygens (including phenoxy) is 1. The molecule has 0 unspecified atom stereocenters. The van der Waals surface area contributed by atoms with E-state index >= 15 is 0 Å². The predicted molar refractivity (Wildman–Crippen MR) is 93.8 cm³/mol. The van der Waals surface area contributed by atoms with Crippen molar-refractivity contribution >= 4 is 17.0 Å². The van der Waals surface area contributed by atoms with E-state index < -0.39 is 5.60 Å². The Kier molecular flexibility index (Phi) is 5.44. The van der Waals surface area contributed by atoms with Crippen LogP contribution in [0.2, 0.25) is 0 Å². The van der Waals surface area contributed by atoms with Gasteiger partial charge in [0.15, 0.2) is 0 Å². The number of fused-ring (bicyclic) bond motifs is 1. The van der Waals surface area contributed by atoms with Gasteiger partial charge in [-0.05, 0) is 58.6 Å². The summed E-state index contributed by atoms with van der Waals surface area (Å²) in [5.41, 5.74) is 1.58. The van der Waals surface area contributed by atoms with E-state index in [2.05, 4.69) is 30.4 Å². The molecule has 0 fully saturated rings. The molecule has 0 aliphatic rings. The summed E-state index contributed by atoms with van der Waals surface area (Å²) in [5, 5.41) is 4.46. The highest BCUT2D eigenvalue weighted by Gasteiger charge is 2.18. The van der Waals surface area contributed by atoms with Gasteiger partial charge in [-0.1, -0.05) is 6.07 Å². The molecule has 0 aliphatic carbocycles. The van der Waals surface area contributed by atoms with Crippen LogP contribution in [0.5, 0.6) is 0 Å². The Morgan fingerprint density at radius 2 is 2.00 bits per heavy atom. The molecule has 0 amide bonds. The number of benzene rings is 1. The van der Waals surface area contributed by atoms with Crippen molar-refractivity contribution < 1.29 is 9.53 Å². The fourth-order valence-electron chi connectivity index (χ4n) is 2.31. The summed E-state index contributed by atoms with van der Waals surface area (Å²) < 4.78 is 6.99. The number of hydrogen-bond acceptors (Lipinski definition) is 4. The van der Waals surface area contributed by atoms with Crippen LogP contribution in [0, 0.1) is 0 Å². The van der Waals surface area contributed by atoms with Crippen molar-refractivity contribution in [3.63, 3.8) is 0 Å². The summed E-state index contributed by atoms with van der Waals surface area (Å²) in [7, 11) is 4.13. The maximum atomic E-state index is 12.2. The summed E-state index contributed by atoms with van der Waals surface area (Å²) in [6, 6.07) is 8.08. The number of rotatable bonds is 5. The Bertz CT molecular complexity index is 668. The van der Waals surface area contributed by atoms with Crippen LogP contribution in [-0.4, -0.2) is 48.3 Å². The van der Waals surface area contributed by atoms with E-state index in [0.717, 1.165) is 30.5 Å². The van der Waals surface area contributed by atoms with Crippen LogP contribution in [-0.2, 0) is 11.3 Å². The molecule has 1 aromatic carbocycles. The van der Waals surface area contributed by atoms with Crippen LogP contribution in [0.3, 0.4) is 0 Å². The average Bonchev–Trinajstić information content (AvgIpc) is 2.84.